The fourth-order valence-corrected chi connectivity index (χ4v) is 1.70. The summed E-state index contributed by atoms with van der Waals surface area (Å²) in [5, 5.41) is 14.2. The van der Waals surface area contributed by atoms with Gasteiger partial charge in [-0.1, -0.05) is 0 Å². The third kappa shape index (κ3) is 2.70. The smallest absolute Gasteiger partial charge is 0.404 e. The highest BCUT2D eigenvalue weighted by molar-refractivity contribution is 5.64. The predicted octanol–water partition coefficient (Wildman–Crippen LogP) is 0.785. The highest BCUT2D eigenvalue weighted by Gasteiger charge is 2.20. The molecule has 1 aliphatic rings. The fraction of sp³-hybridized carbons (Fsp3) is 0.875. The van der Waals surface area contributed by atoms with Crippen molar-refractivity contribution < 1.29 is 9.90 Å². The molecule has 1 aliphatic carbocycles. The standard InChI is InChI=1S/C8H16N2O2/c1-9-6-2-4-7(5-3-6)10-8(11)12/h6-7,9-10H,2-5H2,1H3,(H,11,12). The number of amides is 1. The lowest BCUT2D eigenvalue weighted by Gasteiger charge is -2.27. The first-order chi connectivity index (χ1) is 5.72. The lowest BCUT2D eigenvalue weighted by molar-refractivity contribution is 0.184. The Bertz CT molecular complexity index is 153. The van der Waals surface area contributed by atoms with Crippen molar-refractivity contribution in [2.75, 3.05) is 7.05 Å². The van der Waals surface area contributed by atoms with E-state index >= 15 is 0 Å². The lowest BCUT2D eigenvalue weighted by atomic mass is 9.91. The van der Waals surface area contributed by atoms with Crippen molar-refractivity contribution in [3.8, 4) is 0 Å². The van der Waals surface area contributed by atoms with Crippen molar-refractivity contribution in [1.29, 1.82) is 0 Å². The molecule has 0 radical (unpaired) electrons. The van der Waals surface area contributed by atoms with Crippen LogP contribution in [0.2, 0.25) is 0 Å². The highest BCUT2D eigenvalue weighted by atomic mass is 16.4. The number of hydrogen-bond acceptors (Lipinski definition) is 2. The van der Waals surface area contributed by atoms with Gasteiger partial charge < -0.3 is 15.7 Å². The van der Waals surface area contributed by atoms with Gasteiger partial charge in [0.2, 0.25) is 0 Å². The summed E-state index contributed by atoms with van der Waals surface area (Å²) in [5.74, 6) is 0. The average molecular weight is 172 g/mol. The quantitative estimate of drug-likeness (QED) is 0.577. The molecule has 0 unspecified atom stereocenters. The lowest BCUT2D eigenvalue weighted by Crippen LogP contribution is -2.40. The summed E-state index contributed by atoms with van der Waals surface area (Å²) in [7, 11) is 1.95. The highest BCUT2D eigenvalue weighted by Crippen LogP contribution is 2.17. The van der Waals surface area contributed by atoms with E-state index < -0.39 is 6.09 Å². The number of carboxylic acid groups (broad SMARTS) is 1. The van der Waals surface area contributed by atoms with Gasteiger partial charge in [-0.3, -0.25) is 0 Å². The molecule has 3 N–H and O–H groups in total. The zero-order valence-electron chi connectivity index (χ0n) is 7.34. The van der Waals surface area contributed by atoms with Crippen LogP contribution in [-0.4, -0.2) is 30.3 Å². The Morgan fingerprint density at radius 2 is 1.75 bits per heavy atom. The van der Waals surface area contributed by atoms with E-state index in [-0.39, 0.29) is 6.04 Å². The van der Waals surface area contributed by atoms with Crippen LogP contribution in [0.25, 0.3) is 0 Å². The van der Waals surface area contributed by atoms with E-state index in [2.05, 4.69) is 10.6 Å². The van der Waals surface area contributed by atoms with Gasteiger partial charge in [-0.25, -0.2) is 4.79 Å². The van der Waals surface area contributed by atoms with Gasteiger partial charge in [-0.05, 0) is 32.7 Å². The Balaban J connectivity index is 2.21. The molecule has 1 rings (SSSR count). The SMILES string of the molecule is CNC1CCC(NC(=O)O)CC1. The fourth-order valence-electron chi connectivity index (χ4n) is 1.70. The van der Waals surface area contributed by atoms with E-state index in [4.69, 9.17) is 5.11 Å². The summed E-state index contributed by atoms with van der Waals surface area (Å²) in [6.45, 7) is 0. The van der Waals surface area contributed by atoms with Crippen LogP contribution in [0.5, 0.6) is 0 Å². The van der Waals surface area contributed by atoms with Gasteiger partial charge in [0.1, 0.15) is 0 Å². The molecule has 0 aromatic carbocycles. The predicted molar refractivity (Wildman–Crippen MR) is 46.3 cm³/mol. The van der Waals surface area contributed by atoms with Gasteiger partial charge in [-0.2, -0.15) is 0 Å². The normalized spacial score (nSPS) is 29.8. The summed E-state index contributed by atoms with van der Waals surface area (Å²) >= 11 is 0. The maximum absolute atomic E-state index is 10.3. The van der Waals surface area contributed by atoms with Crippen LogP contribution in [0.4, 0.5) is 4.79 Å². The summed E-state index contributed by atoms with van der Waals surface area (Å²) in [4.78, 5) is 10.3. The minimum Gasteiger partial charge on any atom is -0.465 e. The van der Waals surface area contributed by atoms with E-state index in [0.717, 1.165) is 25.7 Å². The monoisotopic (exact) mass is 172 g/mol. The molecule has 12 heavy (non-hydrogen) atoms. The number of rotatable bonds is 2. The summed E-state index contributed by atoms with van der Waals surface area (Å²) in [5.41, 5.74) is 0. The molecule has 0 aromatic rings. The summed E-state index contributed by atoms with van der Waals surface area (Å²) in [6, 6.07) is 0.754. The second-order valence-electron chi connectivity index (χ2n) is 3.29. The van der Waals surface area contributed by atoms with Gasteiger partial charge in [0.05, 0.1) is 0 Å². The molecule has 70 valence electrons. The molecule has 1 amide bonds. The molecule has 0 spiro atoms. The number of nitrogens with one attached hydrogen (secondary N) is 2. The van der Waals surface area contributed by atoms with Crippen molar-refractivity contribution >= 4 is 6.09 Å². The Hall–Kier alpha value is -0.770. The Labute approximate surface area is 72.3 Å². The van der Waals surface area contributed by atoms with E-state index in [1.54, 1.807) is 0 Å². The van der Waals surface area contributed by atoms with Crippen LogP contribution in [0.3, 0.4) is 0 Å². The second kappa shape index (κ2) is 4.30. The molecule has 0 heterocycles. The second-order valence-corrected chi connectivity index (χ2v) is 3.29. The molecule has 0 aromatic heterocycles. The topological polar surface area (TPSA) is 61.4 Å². The number of hydrogen-bond donors (Lipinski definition) is 3. The van der Waals surface area contributed by atoms with Crippen molar-refractivity contribution in [3.63, 3.8) is 0 Å². The Morgan fingerprint density at radius 3 is 2.17 bits per heavy atom. The van der Waals surface area contributed by atoms with E-state index in [9.17, 15) is 4.79 Å². The van der Waals surface area contributed by atoms with Crippen LogP contribution >= 0.6 is 0 Å². The van der Waals surface area contributed by atoms with Crippen LogP contribution in [-0.2, 0) is 0 Å². The van der Waals surface area contributed by atoms with E-state index in [0.29, 0.717) is 6.04 Å². The molecule has 0 saturated heterocycles. The third-order valence-electron chi connectivity index (χ3n) is 2.46. The van der Waals surface area contributed by atoms with Crippen LogP contribution in [0.1, 0.15) is 25.7 Å². The largest absolute Gasteiger partial charge is 0.465 e. The molecule has 4 heteroatoms. The molecule has 0 atom stereocenters. The minimum atomic E-state index is -0.900. The zero-order chi connectivity index (χ0) is 8.97. The van der Waals surface area contributed by atoms with Crippen molar-refractivity contribution in [2.45, 2.75) is 37.8 Å². The summed E-state index contributed by atoms with van der Waals surface area (Å²) in [6.07, 6.45) is 3.15. The van der Waals surface area contributed by atoms with Gasteiger partial charge in [0.25, 0.3) is 0 Å². The molecule has 0 aliphatic heterocycles. The summed E-state index contributed by atoms with van der Waals surface area (Å²) < 4.78 is 0. The zero-order valence-corrected chi connectivity index (χ0v) is 7.34. The van der Waals surface area contributed by atoms with Gasteiger partial charge in [-0.15, -0.1) is 0 Å². The van der Waals surface area contributed by atoms with E-state index in [1.165, 1.54) is 0 Å². The average Bonchev–Trinajstić information content (AvgIpc) is 2.05. The minimum absolute atomic E-state index is 0.173. The molecule has 4 nitrogen and oxygen atoms in total. The molecular weight excluding hydrogens is 156 g/mol. The third-order valence-corrected chi connectivity index (χ3v) is 2.46. The van der Waals surface area contributed by atoms with Crippen molar-refractivity contribution in [1.82, 2.24) is 10.6 Å². The first-order valence-corrected chi connectivity index (χ1v) is 4.39. The van der Waals surface area contributed by atoms with Crippen LogP contribution < -0.4 is 10.6 Å². The van der Waals surface area contributed by atoms with Crippen molar-refractivity contribution in [3.05, 3.63) is 0 Å². The Kier molecular flexibility index (Phi) is 3.34. The Morgan fingerprint density at radius 1 is 1.25 bits per heavy atom. The van der Waals surface area contributed by atoms with Crippen LogP contribution in [0, 0.1) is 0 Å². The molecule has 1 fully saturated rings. The van der Waals surface area contributed by atoms with Crippen LogP contribution in [0.15, 0.2) is 0 Å². The molecular formula is C8H16N2O2. The van der Waals surface area contributed by atoms with Gasteiger partial charge in [0.15, 0.2) is 0 Å². The van der Waals surface area contributed by atoms with Gasteiger partial charge in [0, 0.05) is 12.1 Å². The number of carbonyl (C=O) groups is 1. The first-order valence-electron chi connectivity index (χ1n) is 4.39. The van der Waals surface area contributed by atoms with Crippen molar-refractivity contribution in [2.24, 2.45) is 0 Å². The molecule has 0 bridgehead atoms. The first kappa shape index (κ1) is 9.32. The van der Waals surface area contributed by atoms with E-state index in [1.807, 2.05) is 7.05 Å². The van der Waals surface area contributed by atoms with Gasteiger partial charge >= 0.3 is 6.09 Å². The maximum atomic E-state index is 10.3. The maximum Gasteiger partial charge on any atom is 0.404 e. The molecule has 1 saturated carbocycles.